The molecule has 2 atom stereocenters. The van der Waals surface area contributed by atoms with Crippen LogP contribution in [-0.4, -0.2) is 18.7 Å². The molecule has 2 amide bonds. The zero-order chi connectivity index (χ0) is 14.3. The van der Waals surface area contributed by atoms with Gasteiger partial charge in [0.15, 0.2) is 0 Å². The number of nitrogens with one attached hydrogen (secondary N) is 2. The number of benzene rings is 1. The summed E-state index contributed by atoms with van der Waals surface area (Å²) in [6, 6.07) is 7.81. The summed E-state index contributed by atoms with van der Waals surface area (Å²) in [7, 11) is 0. The number of carbonyl (C=O) groups excluding carboxylic acids is 1. The van der Waals surface area contributed by atoms with Crippen LogP contribution in [0.15, 0.2) is 24.3 Å². The smallest absolute Gasteiger partial charge is 0.315 e. The Labute approximate surface area is 115 Å². The molecule has 19 heavy (non-hydrogen) atoms. The molecular weight excluding hydrogens is 240 g/mol. The number of hydrogen-bond donors (Lipinski definition) is 2. The second-order valence-electron chi connectivity index (χ2n) is 4.65. The molecule has 1 aromatic carbocycles. The summed E-state index contributed by atoms with van der Waals surface area (Å²) < 4.78 is 5.39. The predicted molar refractivity (Wildman–Crippen MR) is 77.4 cm³/mol. The van der Waals surface area contributed by atoms with Gasteiger partial charge in [-0.15, -0.1) is 0 Å². The third-order valence-corrected chi connectivity index (χ3v) is 3.03. The molecule has 0 saturated heterocycles. The molecule has 0 aliphatic heterocycles. The Bertz CT molecular complexity index is 390. The summed E-state index contributed by atoms with van der Waals surface area (Å²) >= 11 is 0. The molecule has 0 saturated carbocycles. The fraction of sp³-hybridized carbons (Fsp3) is 0.533. The lowest BCUT2D eigenvalue weighted by Crippen LogP contribution is -2.41. The first-order valence-electron chi connectivity index (χ1n) is 6.86. The second-order valence-corrected chi connectivity index (χ2v) is 4.65. The molecule has 4 heteroatoms. The van der Waals surface area contributed by atoms with E-state index in [0.717, 1.165) is 17.7 Å². The van der Waals surface area contributed by atoms with Crippen LogP contribution in [-0.2, 0) is 0 Å². The highest BCUT2D eigenvalue weighted by Gasteiger charge is 2.10. The van der Waals surface area contributed by atoms with Crippen LogP contribution in [0.3, 0.4) is 0 Å². The molecule has 0 aliphatic carbocycles. The molecule has 0 aromatic heterocycles. The van der Waals surface area contributed by atoms with Crippen molar-refractivity contribution in [2.45, 2.75) is 46.2 Å². The predicted octanol–water partition coefficient (Wildman–Crippen LogP) is 3.24. The van der Waals surface area contributed by atoms with Gasteiger partial charge in [-0.3, -0.25) is 0 Å². The number of ether oxygens (including phenoxy) is 1. The Morgan fingerprint density at radius 2 is 1.79 bits per heavy atom. The largest absolute Gasteiger partial charge is 0.494 e. The van der Waals surface area contributed by atoms with Crippen molar-refractivity contribution in [3.05, 3.63) is 29.8 Å². The Hall–Kier alpha value is -1.71. The van der Waals surface area contributed by atoms with E-state index in [0.29, 0.717) is 6.61 Å². The maximum atomic E-state index is 11.7. The molecule has 0 unspecified atom stereocenters. The third-order valence-electron chi connectivity index (χ3n) is 3.03. The highest BCUT2D eigenvalue weighted by Crippen LogP contribution is 2.17. The number of rotatable bonds is 6. The van der Waals surface area contributed by atoms with E-state index in [2.05, 4.69) is 10.6 Å². The average Bonchev–Trinajstić information content (AvgIpc) is 2.39. The van der Waals surface area contributed by atoms with Crippen LogP contribution in [0.4, 0.5) is 4.79 Å². The number of urea groups is 1. The lowest BCUT2D eigenvalue weighted by molar-refractivity contribution is 0.234. The van der Waals surface area contributed by atoms with Gasteiger partial charge in [0.1, 0.15) is 5.75 Å². The van der Waals surface area contributed by atoms with Crippen LogP contribution in [0.5, 0.6) is 5.75 Å². The molecule has 0 aliphatic rings. The highest BCUT2D eigenvalue weighted by atomic mass is 16.5. The van der Waals surface area contributed by atoms with Crippen molar-refractivity contribution in [3.63, 3.8) is 0 Å². The van der Waals surface area contributed by atoms with Gasteiger partial charge in [0.2, 0.25) is 0 Å². The van der Waals surface area contributed by atoms with E-state index in [1.54, 1.807) is 0 Å². The minimum atomic E-state index is -0.129. The van der Waals surface area contributed by atoms with Crippen LogP contribution in [0.2, 0.25) is 0 Å². The molecule has 0 radical (unpaired) electrons. The second kappa shape index (κ2) is 7.67. The molecule has 0 fully saturated rings. The summed E-state index contributed by atoms with van der Waals surface area (Å²) in [6.07, 6.45) is 0.921. The summed E-state index contributed by atoms with van der Waals surface area (Å²) in [5.74, 6) is 0.850. The van der Waals surface area contributed by atoms with Gasteiger partial charge in [0, 0.05) is 6.04 Å². The Kier molecular flexibility index (Phi) is 6.19. The van der Waals surface area contributed by atoms with Gasteiger partial charge in [0.25, 0.3) is 0 Å². The van der Waals surface area contributed by atoms with Crippen LogP contribution in [0.25, 0.3) is 0 Å². The highest BCUT2D eigenvalue weighted by molar-refractivity contribution is 5.74. The van der Waals surface area contributed by atoms with E-state index in [1.165, 1.54) is 0 Å². The first-order chi connectivity index (χ1) is 9.06. The van der Waals surface area contributed by atoms with Gasteiger partial charge < -0.3 is 15.4 Å². The van der Waals surface area contributed by atoms with Crippen molar-refractivity contribution in [2.75, 3.05) is 6.61 Å². The molecule has 0 spiro atoms. The van der Waals surface area contributed by atoms with Crippen molar-refractivity contribution >= 4 is 6.03 Å². The van der Waals surface area contributed by atoms with Crippen LogP contribution >= 0.6 is 0 Å². The van der Waals surface area contributed by atoms with Crippen molar-refractivity contribution in [1.29, 1.82) is 0 Å². The van der Waals surface area contributed by atoms with Gasteiger partial charge in [0.05, 0.1) is 12.6 Å². The number of amides is 2. The van der Waals surface area contributed by atoms with E-state index in [1.807, 2.05) is 52.0 Å². The molecule has 4 nitrogen and oxygen atoms in total. The van der Waals surface area contributed by atoms with E-state index >= 15 is 0 Å². The van der Waals surface area contributed by atoms with Gasteiger partial charge in [-0.25, -0.2) is 4.79 Å². The van der Waals surface area contributed by atoms with E-state index in [9.17, 15) is 4.79 Å². The average molecular weight is 264 g/mol. The lowest BCUT2D eigenvalue weighted by atomic mass is 10.1. The third kappa shape index (κ3) is 5.20. The molecule has 1 rings (SSSR count). The topological polar surface area (TPSA) is 50.4 Å². The monoisotopic (exact) mass is 264 g/mol. The van der Waals surface area contributed by atoms with Crippen molar-refractivity contribution in [1.82, 2.24) is 10.6 Å². The summed E-state index contributed by atoms with van der Waals surface area (Å²) in [5, 5.41) is 5.81. The van der Waals surface area contributed by atoms with Crippen molar-refractivity contribution in [2.24, 2.45) is 0 Å². The minimum Gasteiger partial charge on any atom is -0.494 e. The number of carbonyl (C=O) groups is 1. The normalized spacial score (nSPS) is 13.5. The molecular formula is C15H24N2O2. The quantitative estimate of drug-likeness (QED) is 0.828. The zero-order valence-electron chi connectivity index (χ0n) is 12.2. The van der Waals surface area contributed by atoms with Crippen LogP contribution in [0, 0.1) is 0 Å². The molecule has 106 valence electrons. The molecule has 2 N–H and O–H groups in total. The van der Waals surface area contributed by atoms with Crippen LogP contribution < -0.4 is 15.4 Å². The summed E-state index contributed by atoms with van der Waals surface area (Å²) in [5.41, 5.74) is 1.06. The fourth-order valence-electron chi connectivity index (χ4n) is 1.67. The standard InChI is InChI=1S/C15H24N2O2/c1-5-11(3)16-15(18)17-12(4)13-7-9-14(10-8-13)19-6-2/h7-12H,5-6H2,1-4H3,(H2,16,17,18)/t11-,12+/m0/s1. The van der Waals surface area contributed by atoms with Crippen molar-refractivity contribution in [3.8, 4) is 5.75 Å². The van der Waals surface area contributed by atoms with Crippen molar-refractivity contribution < 1.29 is 9.53 Å². The first-order valence-corrected chi connectivity index (χ1v) is 6.86. The SMILES string of the molecule is CCOc1ccc([C@@H](C)NC(=O)N[C@@H](C)CC)cc1. The first kappa shape index (κ1) is 15.3. The summed E-state index contributed by atoms with van der Waals surface area (Å²) in [6.45, 7) is 8.61. The van der Waals surface area contributed by atoms with E-state index in [4.69, 9.17) is 4.74 Å². The van der Waals surface area contributed by atoms with Gasteiger partial charge in [-0.05, 0) is 44.9 Å². The minimum absolute atomic E-state index is 0.0280. The number of hydrogen-bond acceptors (Lipinski definition) is 2. The summed E-state index contributed by atoms with van der Waals surface area (Å²) in [4.78, 5) is 11.7. The Morgan fingerprint density at radius 1 is 1.16 bits per heavy atom. The molecule has 1 aromatic rings. The van der Waals surface area contributed by atoms with Gasteiger partial charge in [-0.1, -0.05) is 19.1 Å². The van der Waals surface area contributed by atoms with E-state index in [-0.39, 0.29) is 18.1 Å². The van der Waals surface area contributed by atoms with Crippen LogP contribution in [0.1, 0.15) is 45.7 Å². The lowest BCUT2D eigenvalue weighted by Gasteiger charge is -2.18. The van der Waals surface area contributed by atoms with Gasteiger partial charge in [-0.2, -0.15) is 0 Å². The van der Waals surface area contributed by atoms with E-state index < -0.39 is 0 Å². The maximum absolute atomic E-state index is 11.7. The Morgan fingerprint density at radius 3 is 2.32 bits per heavy atom. The van der Waals surface area contributed by atoms with Gasteiger partial charge >= 0.3 is 6.03 Å². The molecule has 0 bridgehead atoms. The Balaban J connectivity index is 2.52. The maximum Gasteiger partial charge on any atom is 0.315 e. The fourth-order valence-corrected chi connectivity index (χ4v) is 1.67. The zero-order valence-corrected chi connectivity index (χ0v) is 12.2. The molecule has 0 heterocycles.